The quantitative estimate of drug-likeness (QED) is 0.768. The molecule has 0 saturated carbocycles. The van der Waals surface area contributed by atoms with Gasteiger partial charge in [-0.15, -0.1) is 0 Å². The molecular formula is C21H33N3O3. The van der Waals surface area contributed by atoms with E-state index >= 15 is 0 Å². The van der Waals surface area contributed by atoms with Gasteiger partial charge in [0.1, 0.15) is 5.75 Å². The fraction of sp³-hybridized carbons (Fsp3) is 0.619. The van der Waals surface area contributed by atoms with Crippen LogP contribution in [0.15, 0.2) is 24.3 Å². The van der Waals surface area contributed by atoms with Crippen molar-refractivity contribution in [1.29, 1.82) is 0 Å². The zero-order valence-electron chi connectivity index (χ0n) is 17.2. The molecule has 0 aromatic heterocycles. The molecule has 1 saturated heterocycles. The SMILES string of the molecule is CCC(C)(C)NC(=O)C(C)N1CCC(C(=O)Nc2ccccc2OC)CC1. The van der Waals surface area contributed by atoms with Gasteiger partial charge in [-0.1, -0.05) is 19.1 Å². The van der Waals surface area contributed by atoms with E-state index in [0.717, 1.165) is 32.4 Å². The van der Waals surface area contributed by atoms with Crippen molar-refractivity contribution >= 4 is 17.5 Å². The molecular weight excluding hydrogens is 342 g/mol. The van der Waals surface area contributed by atoms with Crippen LogP contribution in [-0.2, 0) is 9.59 Å². The number of nitrogens with zero attached hydrogens (tertiary/aromatic N) is 1. The number of carbonyl (C=O) groups is 2. The molecule has 2 amide bonds. The summed E-state index contributed by atoms with van der Waals surface area (Å²) in [7, 11) is 1.59. The first-order valence-electron chi connectivity index (χ1n) is 9.77. The molecule has 27 heavy (non-hydrogen) atoms. The van der Waals surface area contributed by atoms with Crippen LogP contribution in [-0.4, -0.2) is 48.5 Å². The van der Waals surface area contributed by atoms with Gasteiger partial charge in [0, 0.05) is 11.5 Å². The molecule has 150 valence electrons. The second-order valence-electron chi connectivity index (χ2n) is 7.90. The van der Waals surface area contributed by atoms with Gasteiger partial charge in [-0.2, -0.15) is 0 Å². The molecule has 0 aliphatic carbocycles. The number of rotatable bonds is 7. The Morgan fingerprint density at radius 3 is 2.48 bits per heavy atom. The maximum absolute atomic E-state index is 12.6. The molecule has 6 heteroatoms. The van der Waals surface area contributed by atoms with Gasteiger partial charge in [0.25, 0.3) is 0 Å². The maximum Gasteiger partial charge on any atom is 0.237 e. The number of hydrogen-bond acceptors (Lipinski definition) is 4. The molecule has 1 unspecified atom stereocenters. The zero-order valence-corrected chi connectivity index (χ0v) is 17.2. The van der Waals surface area contributed by atoms with Gasteiger partial charge in [-0.05, 0) is 65.3 Å². The number of nitrogens with one attached hydrogen (secondary N) is 2. The summed E-state index contributed by atoms with van der Waals surface area (Å²) in [5.74, 6) is 0.683. The van der Waals surface area contributed by atoms with Crippen LogP contribution in [0.2, 0.25) is 0 Å². The summed E-state index contributed by atoms with van der Waals surface area (Å²) in [6, 6.07) is 7.23. The van der Waals surface area contributed by atoms with Crippen LogP contribution >= 0.6 is 0 Å². The number of hydrogen-bond donors (Lipinski definition) is 2. The third kappa shape index (κ3) is 5.70. The predicted octanol–water partition coefficient (Wildman–Crippen LogP) is 3.04. The number of amides is 2. The summed E-state index contributed by atoms with van der Waals surface area (Å²) < 4.78 is 5.29. The van der Waals surface area contributed by atoms with E-state index in [1.807, 2.05) is 45.0 Å². The number of likely N-dealkylation sites (tertiary alicyclic amines) is 1. The van der Waals surface area contributed by atoms with Crippen molar-refractivity contribution in [3.8, 4) is 5.75 Å². The Kier molecular flexibility index (Phi) is 7.25. The second-order valence-corrected chi connectivity index (χ2v) is 7.90. The van der Waals surface area contributed by atoms with Gasteiger partial charge in [-0.25, -0.2) is 0 Å². The van der Waals surface area contributed by atoms with Crippen molar-refractivity contribution in [2.24, 2.45) is 5.92 Å². The van der Waals surface area contributed by atoms with E-state index in [0.29, 0.717) is 11.4 Å². The minimum atomic E-state index is -0.196. The number of benzene rings is 1. The highest BCUT2D eigenvalue weighted by atomic mass is 16.5. The smallest absolute Gasteiger partial charge is 0.237 e. The van der Waals surface area contributed by atoms with E-state index in [1.54, 1.807) is 7.11 Å². The van der Waals surface area contributed by atoms with E-state index in [4.69, 9.17) is 4.74 Å². The van der Waals surface area contributed by atoms with E-state index in [1.165, 1.54) is 0 Å². The molecule has 1 heterocycles. The molecule has 1 atom stereocenters. The van der Waals surface area contributed by atoms with Crippen LogP contribution < -0.4 is 15.4 Å². The first-order valence-corrected chi connectivity index (χ1v) is 9.77. The average Bonchev–Trinajstić information content (AvgIpc) is 2.67. The third-order valence-corrected chi connectivity index (χ3v) is 5.54. The number of piperidine rings is 1. The summed E-state index contributed by atoms with van der Waals surface area (Å²) in [5.41, 5.74) is 0.500. The highest BCUT2D eigenvalue weighted by Crippen LogP contribution is 2.26. The van der Waals surface area contributed by atoms with Crippen molar-refractivity contribution in [1.82, 2.24) is 10.2 Å². The molecule has 0 radical (unpaired) electrons. The van der Waals surface area contributed by atoms with Gasteiger partial charge < -0.3 is 15.4 Å². The van der Waals surface area contributed by atoms with Crippen LogP contribution in [0.3, 0.4) is 0 Å². The Labute approximate surface area is 162 Å². The third-order valence-electron chi connectivity index (χ3n) is 5.54. The molecule has 1 fully saturated rings. The normalized spacial score (nSPS) is 17.2. The van der Waals surface area contributed by atoms with Gasteiger partial charge >= 0.3 is 0 Å². The number of para-hydroxylation sites is 2. The fourth-order valence-electron chi connectivity index (χ4n) is 3.22. The molecule has 1 aliphatic rings. The van der Waals surface area contributed by atoms with Crippen molar-refractivity contribution in [3.05, 3.63) is 24.3 Å². The number of methoxy groups -OCH3 is 1. The fourth-order valence-corrected chi connectivity index (χ4v) is 3.22. The van der Waals surface area contributed by atoms with Crippen molar-refractivity contribution in [2.75, 3.05) is 25.5 Å². The van der Waals surface area contributed by atoms with Gasteiger partial charge in [0.15, 0.2) is 0 Å². The zero-order chi connectivity index (χ0) is 20.0. The van der Waals surface area contributed by atoms with Gasteiger partial charge in [0.2, 0.25) is 11.8 Å². The Hall–Kier alpha value is -2.08. The first-order chi connectivity index (χ1) is 12.8. The van der Waals surface area contributed by atoms with Crippen LogP contribution in [0.1, 0.15) is 47.0 Å². The molecule has 0 bridgehead atoms. The minimum absolute atomic E-state index is 0.0170. The molecule has 1 aromatic carbocycles. The largest absolute Gasteiger partial charge is 0.495 e. The standard InChI is InChI=1S/C21H33N3O3/c1-6-21(3,4)23-19(25)15(2)24-13-11-16(12-14-24)20(26)22-17-9-7-8-10-18(17)27-5/h7-10,15-16H,6,11-14H2,1-5H3,(H,22,26)(H,23,25). The number of ether oxygens (including phenoxy) is 1. The summed E-state index contributed by atoms with van der Waals surface area (Å²) in [6.45, 7) is 9.56. The summed E-state index contributed by atoms with van der Waals surface area (Å²) in [5, 5.41) is 6.08. The van der Waals surface area contributed by atoms with E-state index in [2.05, 4.69) is 22.5 Å². The second kappa shape index (κ2) is 9.22. The van der Waals surface area contributed by atoms with Gasteiger partial charge in [-0.3, -0.25) is 14.5 Å². The van der Waals surface area contributed by atoms with Crippen LogP contribution in [0.5, 0.6) is 5.75 Å². The molecule has 1 aromatic rings. The monoisotopic (exact) mass is 375 g/mol. The summed E-state index contributed by atoms with van der Waals surface area (Å²) in [4.78, 5) is 27.3. The molecule has 2 N–H and O–H groups in total. The van der Waals surface area contributed by atoms with E-state index < -0.39 is 0 Å². The van der Waals surface area contributed by atoms with Crippen LogP contribution in [0.4, 0.5) is 5.69 Å². The highest BCUT2D eigenvalue weighted by molar-refractivity contribution is 5.94. The Morgan fingerprint density at radius 1 is 1.26 bits per heavy atom. The van der Waals surface area contributed by atoms with Crippen molar-refractivity contribution in [2.45, 2.75) is 58.5 Å². The van der Waals surface area contributed by atoms with E-state index in [-0.39, 0.29) is 29.3 Å². The van der Waals surface area contributed by atoms with Crippen molar-refractivity contribution in [3.63, 3.8) is 0 Å². The molecule has 1 aliphatic heterocycles. The lowest BCUT2D eigenvalue weighted by atomic mass is 9.94. The Bertz CT molecular complexity index is 652. The lowest BCUT2D eigenvalue weighted by Gasteiger charge is -2.36. The van der Waals surface area contributed by atoms with E-state index in [9.17, 15) is 9.59 Å². The summed E-state index contributed by atoms with van der Waals surface area (Å²) >= 11 is 0. The average molecular weight is 376 g/mol. The summed E-state index contributed by atoms with van der Waals surface area (Å²) in [6.07, 6.45) is 2.38. The maximum atomic E-state index is 12.6. The number of anilines is 1. The molecule has 0 spiro atoms. The van der Waals surface area contributed by atoms with Crippen molar-refractivity contribution < 1.29 is 14.3 Å². The molecule has 2 rings (SSSR count). The number of carbonyl (C=O) groups excluding carboxylic acids is 2. The first kappa shape index (κ1) is 21.2. The van der Waals surface area contributed by atoms with Crippen LogP contribution in [0.25, 0.3) is 0 Å². The topological polar surface area (TPSA) is 70.7 Å². The van der Waals surface area contributed by atoms with Crippen LogP contribution in [0, 0.1) is 5.92 Å². The Morgan fingerprint density at radius 2 is 1.89 bits per heavy atom. The minimum Gasteiger partial charge on any atom is -0.495 e. The highest BCUT2D eigenvalue weighted by Gasteiger charge is 2.31. The predicted molar refractivity (Wildman–Crippen MR) is 108 cm³/mol. The van der Waals surface area contributed by atoms with Gasteiger partial charge in [0.05, 0.1) is 18.8 Å². The lowest BCUT2D eigenvalue weighted by Crippen LogP contribution is -2.53. The molecule has 6 nitrogen and oxygen atoms in total. The Balaban J connectivity index is 1.87. The lowest BCUT2D eigenvalue weighted by molar-refractivity contribution is -0.128.